The molecule has 2 atom stereocenters. The lowest BCUT2D eigenvalue weighted by Gasteiger charge is -2.18. The van der Waals surface area contributed by atoms with Gasteiger partial charge in [-0.05, 0) is 31.1 Å². The van der Waals surface area contributed by atoms with Crippen LogP contribution in [0.2, 0.25) is 0 Å². The highest BCUT2D eigenvalue weighted by molar-refractivity contribution is 5.71. The molecule has 0 aliphatic carbocycles. The van der Waals surface area contributed by atoms with Crippen LogP contribution in [0.15, 0.2) is 0 Å². The minimum atomic E-state index is -0.763. The van der Waals surface area contributed by atoms with Gasteiger partial charge in [0.15, 0.2) is 6.10 Å². The van der Waals surface area contributed by atoms with Gasteiger partial charge in [-0.1, -0.05) is 272 Å². The molecule has 0 aliphatic rings. The first-order valence-corrected chi connectivity index (χ1v) is 27.8. The van der Waals surface area contributed by atoms with Gasteiger partial charge in [0.05, 0.1) is 0 Å². The molecular weight excluding hydrogens is 769 g/mol. The van der Waals surface area contributed by atoms with Crippen molar-refractivity contribution in [2.75, 3.05) is 13.2 Å². The molecule has 6 heteroatoms. The molecule has 0 heterocycles. The van der Waals surface area contributed by atoms with Gasteiger partial charge in [0, 0.05) is 19.3 Å². The Labute approximate surface area is 387 Å². The van der Waals surface area contributed by atoms with E-state index in [1.54, 1.807) is 0 Å². The van der Waals surface area contributed by atoms with E-state index in [1.165, 1.54) is 199 Å². The molecule has 1 unspecified atom stereocenters. The topological polar surface area (TPSA) is 78.9 Å². The van der Waals surface area contributed by atoms with E-state index in [0.717, 1.165) is 69.6 Å². The average Bonchev–Trinajstić information content (AvgIpc) is 3.26. The van der Waals surface area contributed by atoms with Crippen molar-refractivity contribution in [1.82, 2.24) is 0 Å². The smallest absolute Gasteiger partial charge is 0.306 e. The Kier molecular flexibility index (Phi) is 47.6. The summed E-state index contributed by atoms with van der Waals surface area (Å²) in [5.74, 6) is 0.831. The molecule has 6 nitrogen and oxygen atoms in total. The van der Waals surface area contributed by atoms with Crippen LogP contribution in [0, 0.1) is 11.8 Å². The van der Waals surface area contributed by atoms with E-state index in [2.05, 4.69) is 34.6 Å². The third-order valence-corrected chi connectivity index (χ3v) is 13.1. The Hall–Kier alpha value is -1.59. The number of ether oxygens (including phenoxy) is 3. The molecule has 0 amide bonds. The van der Waals surface area contributed by atoms with Crippen molar-refractivity contribution >= 4 is 17.9 Å². The van der Waals surface area contributed by atoms with E-state index in [0.29, 0.717) is 19.3 Å². The second kappa shape index (κ2) is 48.9. The van der Waals surface area contributed by atoms with Crippen LogP contribution in [0.5, 0.6) is 0 Å². The van der Waals surface area contributed by atoms with Crippen LogP contribution in [0.4, 0.5) is 0 Å². The van der Waals surface area contributed by atoms with Crippen LogP contribution >= 0.6 is 0 Å². The van der Waals surface area contributed by atoms with Crippen LogP contribution in [0.25, 0.3) is 0 Å². The van der Waals surface area contributed by atoms with Gasteiger partial charge in [-0.2, -0.15) is 0 Å². The first kappa shape index (κ1) is 60.4. The van der Waals surface area contributed by atoms with Crippen molar-refractivity contribution in [2.24, 2.45) is 11.8 Å². The van der Waals surface area contributed by atoms with Crippen LogP contribution in [0.1, 0.15) is 311 Å². The molecule has 0 saturated heterocycles. The lowest BCUT2D eigenvalue weighted by atomic mass is 9.99. The monoisotopic (exact) mass is 877 g/mol. The fourth-order valence-electron chi connectivity index (χ4n) is 8.49. The van der Waals surface area contributed by atoms with Crippen molar-refractivity contribution in [3.05, 3.63) is 0 Å². The van der Waals surface area contributed by atoms with E-state index >= 15 is 0 Å². The fourth-order valence-corrected chi connectivity index (χ4v) is 8.49. The summed E-state index contributed by atoms with van der Waals surface area (Å²) < 4.78 is 16.9. The Morgan fingerprint density at radius 2 is 0.613 bits per heavy atom. The quantitative estimate of drug-likeness (QED) is 0.0344. The van der Waals surface area contributed by atoms with Crippen molar-refractivity contribution in [1.29, 1.82) is 0 Å². The maximum Gasteiger partial charge on any atom is 0.306 e. The molecule has 0 aromatic rings. The Balaban J connectivity index is 4.28. The standard InChI is InChI=1S/C56H108O6/c1-6-8-9-10-11-12-13-14-15-16-17-18-19-20-26-31-36-41-46-54(57)60-49-53(50-61-55(58)47-42-37-32-28-23-24-29-34-39-44-51(3)4)62-56(59)48-43-38-33-27-22-21-25-30-35-40-45-52(5)7-2/h51-53H,6-50H2,1-5H3/t52?,53-/m1/s1. The molecule has 0 spiro atoms. The van der Waals surface area contributed by atoms with E-state index in [9.17, 15) is 14.4 Å². The number of unbranched alkanes of at least 4 members (excludes halogenated alkanes) is 34. The second-order valence-electron chi connectivity index (χ2n) is 19.9. The largest absolute Gasteiger partial charge is 0.462 e. The third kappa shape index (κ3) is 47.9. The first-order valence-electron chi connectivity index (χ1n) is 27.8. The highest BCUT2D eigenvalue weighted by Crippen LogP contribution is 2.18. The number of carbonyl (C=O) groups excluding carboxylic acids is 3. The molecule has 0 saturated carbocycles. The zero-order valence-electron chi connectivity index (χ0n) is 42.5. The summed E-state index contributed by atoms with van der Waals surface area (Å²) in [6.07, 6.45) is 50.9. The van der Waals surface area contributed by atoms with Crippen molar-refractivity contribution in [3.8, 4) is 0 Å². The second-order valence-corrected chi connectivity index (χ2v) is 19.9. The lowest BCUT2D eigenvalue weighted by Crippen LogP contribution is -2.30. The molecule has 0 aromatic carbocycles. The summed E-state index contributed by atoms with van der Waals surface area (Å²) >= 11 is 0. The molecule has 368 valence electrons. The summed E-state index contributed by atoms with van der Waals surface area (Å²) in [5, 5.41) is 0. The van der Waals surface area contributed by atoms with E-state index in [1.807, 2.05) is 0 Å². The van der Waals surface area contributed by atoms with Crippen LogP contribution in [-0.4, -0.2) is 37.2 Å². The Morgan fingerprint density at radius 3 is 0.919 bits per heavy atom. The van der Waals surface area contributed by atoms with Crippen LogP contribution < -0.4 is 0 Å². The van der Waals surface area contributed by atoms with E-state index in [-0.39, 0.29) is 31.1 Å². The molecule has 0 fully saturated rings. The third-order valence-electron chi connectivity index (χ3n) is 13.1. The van der Waals surface area contributed by atoms with E-state index in [4.69, 9.17) is 14.2 Å². The Morgan fingerprint density at radius 1 is 0.339 bits per heavy atom. The first-order chi connectivity index (χ1) is 30.3. The molecule has 0 rings (SSSR count). The predicted molar refractivity (Wildman–Crippen MR) is 266 cm³/mol. The number of carbonyl (C=O) groups is 3. The SMILES string of the molecule is CCCCCCCCCCCCCCCCCCCCC(=O)OC[C@H](COC(=O)CCCCCCCCCCCC(C)C)OC(=O)CCCCCCCCCCCCC(C)CC. The number of hydrogen-bond acceptors (Lipinski definition) is 6. The van der Waals surface area contributed by atoms with Gasteiger partial charge < -0.3 is 14.2 Å². The molecule has 62 heavy (non-hydrogen) atoms. The molecule has 0 aliphatic heterocycles. The van der Waals surface area contributed by atoms with Gasteiger partial charge in [-0.3, -0.25) is 14.4 Å². The minimum Gasteiger partial charge on any atom is -0.462 e. The van der Waals surface area contributed by atoms with Gasteiger partial charge in [-0.15, -0.1) is 0 Å². The summed E-state index contributed by atoms with van der Waals surface area (Å²) in [6, 6.07) is 0. The number of rotatable bonds is 50. The lowest BCUT2D eigenvalue weighted by molar-refractivity contribution is -0.167. The normalized spacial score (nSPS) is 12.5. The average molecular weight is 877 g/mol. The van der Waals surface area contributed by atoms with Gasteiger partial charge >= 0.3 is 17.9 Å². The highest BCUT2D eigenvalue weighted by Gasteiger charge is 2.19. The number of esters is 3. The van der Waals surface area contributed by atoms with Crippen LogP contribution in [0.3, 0.4) is 0 Å². The summed E-state index contributed by atoms with van der Waals surface area (Å²) in [6.45, 7) is 11.4. The zero-order chi connectivity index (χ0) is 45.4. The van der Waals surface area contributed by atoms with Crippen LogP contribution in [-0.2, 0) is 28.6 Å². The molecular formula is C56H108O6. The number of hydrogen-bond donors (Lipinski definition) is 0. The Bertz CT molecular complexity index is 949. The van der Waals surface area contributed by atoms with Crippen molar-refractivity contribution in [3.63, 3.8) is 0 Å². The van der Waals surface area contributed by atoms with Gasteiger partial charge in [0.25, 0.3) is 0 Å². The maximum absolute atomic E-state index is 12.8. The fraction of sp³-hybridized carbons (Fsp3) is 0.946. The van der Waals surface area contributed by atoms with Crippen molar-refractivity contribution in [2.45, 2.75) is 317 Å². The summed E-state index contributed by atoms with van der Waals surface area (Å²) in [7, 11) is 0. The summed E-state index contributed by atoms with van der Waals surface area (Å²) in [4.78, 5) is 38.0. The van der Waals surface area contributed by atoms with E-state index < -0.39 is 6.10 Å². The van der Waals surface area contributed by atoms with Crippen molar-refractivity contribution < 1.29 is 28.6 Å². The summed E-state index contributed by atoms with van der Waals surface area (Å²) in [5.41, 5.74) is 0. The van der Waals surface area contributed by atoms with Gasteiger partial charge in [0.2, 0.25) is 0 Å². The zero-order valence-corrected chi connectivity index (χ0v) is 42.5. The predicted octanol–water partition coefficient (Wildman–Crippen LogP) is 18.1. The molecule has 0 bridgehead atoms. The molecule has 0 radical (unpaired) electrons. The van der Waals surface area contributed by atoms with Gasteiger partial charge in [0.1, 0.15) is 13.2 Å². The van der Waals surface area contributed by atoms with Gasteiger partial charge in [-0.25, -0.2) is 0 Å². The maximum atomic E-state index is 12.8. The molecule has 0 N–H and O–H groups in total. The minimum absolute atomic E-state index is 0.0635. The molecule has 0 aromatic heterocycles. The highest BCUT2D eigenvalue weighted by atomic mass is 16.6.